The largest absolute Gasteiger partial charge is 0.375 e. The smallest absolute Gasteiger partial charge is 0.264 e. The summed E-state index contributed by atoms with van der Waals surface area (Å²) in [4.78, 5) is 28.2. The summed E-state index contributed by atoms with van der Waals surface area (Å²) in [5.74, 6) is -0.713. The first kappa shape index (κ1) is 22.0. The van der Waals surface area contributed by atoms with Crippen LogP contribution < -0.4 is 4.90 Å². The number of nitrogens with zero attached hydrogens (tertiary/aromatic N) is 1. The Morgan fingerprint density at radius 3 is 2.22 bits per heavy atom. The molecule has 0 saturated carbocycles. The maximum Gasteiger partial charge on any atom is 0.264 e. The summed E-state index contributed by atoms with van der Waals surface area (Å²) in [6.45, 7) is 8.69. The Morgan fingerprint density at radius 2 is 1.56 bits per heavy atom. The minimum absolute atomic E-state index is 0.0177. The van der Waals surface area contributed by atoms with Crippen molar-refractivity contribution < 1.29 is 14.7 Å². The Hall–Kier alpha value is -3.24. The number of amides is 1. The van der Waals surface area contributed by atoms with Crippen LogP contribution in [0.15, 0.2) is 72.8 Å². The van der Waals surface area contributed by atoms with E-state index < -0.39 is 11.5 Å². The second-order valence-corrected chi connectivity index (χ2v) is 9.62. The van der Waals surface area contributed by atoms with Crippen LogP contribution in [0.1, 0.15) is 59.8 Å². The number of Topliss-reactive ketones (excluding diaryl/α,β-unsaturated/α-hetero) is 1. The first-order chi connectivity index (χ1) is 15.1. The maximum atomic E-state index is 13.5. The van der Waals surface area contributed by atoms with Gasteiger partial charge < -0.3 is 10.0 Å². The Bertz CT molecular complexity index is 1170. The van der Waals surface area contributed by atoms with Gasteiger partial charge in [0.25, 0.3) is 5.91 Å². The number of hydrogen-bond donors (Lipinski definition) is 1. The van der Waals surface area contributed by atoms with E-state index >= 15 is 0 Å². The lowest BCUT2D eigenvalue weighted by atomic mass is 9.85. The fraction of sp³-hybridized carbons (Fsp3) is 0.286. The molecule has 0 fully saturated rings. The summed E-state index contributed by atoms with van der Waals surface area (Å²) in [5, 5.41) is 11.5. The Labute approximate surface area is 189 Å². The third kappa shape index (κ3) is 3.87. The Balaban J connectivity index is 1.64. The van der Waals surface area contributed by atoms with E-state index in [4.69, 9.17) is 0 Å². The van der Waals surface area contributed by atoms with Gasteiger partial charge in [0.1, 0.15) is 0 Å². The number of anilines is 1. The van der Waals surface area contributed by atoms with Crippen molar-refractivity contribution in [3.05, 3.63) is 101 Å². The van der Waals surface area contributed by atoms with E-state index in [1.165, 1.54) is 0 Å². The molecule has 3 aromatic rings. The van der Waals surface area contributed by atoms with Gasteiger partial charge in [-0.05, 0) is 35.1 Å². The number of ketones is 1. The van der Waals surface area contributed by atoms with Crippen molar-refractivity contribution >= 4 is 17.4 Å². The fourth-order valence-corrected chi connectivity index (χ4v) is 4.28. The molecule has 1 aliphatic heterocycles. The molecule has 164 valence electrons. The predicted molar refractivity (Wildman–Crippen MR) is 127 cm³/mol. The molecule has 4 heteroatoms. The van der Waals surface area contributed by atoms with Gasteiger partial charge in [0.2, 0.25) is 0 Å². The number of carbonyl (C=O) groups is 2. The summed E-state index contributed by atoms with van der Waals surface area (Å²) < 4.78 is 0. The number of rotatable bonds is 5. The van der Waals surface area contributed by atoms with Crippen LogP contribution in [0.4, 0.5) is 5.69 Å². The van der Waals surface area contributed by atoms with Crippen LogP contribution in [0.2, 0.25) is 0 Å². The molecule has 0 unspecified atom stereocenters. The lowest BCUT2D eigenvalue weighted by Gasteiger charge is -2.23. The second-order valence-electron chi connectivity index (χ2n) is 9.62. The quantitative estimate of drug-likeness (QED) is 0.562. The van der Waals surface area contributed by atoms with Crippen molar-refractivity contribution in [1.82, 2.24) is 0 Å². The molecule has 0 spiro atoms. The van der Waals surface area contributed by atoms with Crippen molar-refractivity contribution in [2.75, 3.05) is 4.90 Å². The molecule has 1 amide bonds. The molecule has 3 aromatic carbocycles. The van der Waals surface area contributed by atoms with Gasteiger partial charge in [0.15, 0.2) is 11.4 Å². The Kier molecular flexibility index (Phi) is 5.51. The van der Waals surface area contributed by atoms with Crippen LogP contribution in [0.25, 0.3) is 0 Å². The molecule has 0 aliphatic carbocycles. The predicted octanol–water partition coefficient (Wildman–Crippen LogP) is 5.30. The average molecular weight is 428 g/mol. The third-order valence-electron chi connectivity index (χ3n) is 6.32. The number of para-hydroxylation sites is 1. The molecule has 4 rings (SSSR count). The minimum Gasteiger partial charge on any atom is -0.375 e. The van der Waals surface area contributed by atoms with Gasteiger partial charge in [0, 0.05) is 11.1 Å². The summed E-state index contributed by atoms with van der Waals surface area (Å²) in [5.41, 5.74) is 2.94. The molecular formula is C28H29NO3. The monoisotopic (exact) mass is 427 g/mol. The van der Waals surface area contributed by atoms with Crippen molar-refractivity contribution in [2.24, 2.45) is 0 Å². The van der Waals surface area contributed by atoms with Crippen molar-refractivity contribution in [2.45, 2.75) is 51.7 Å². The van der Waals surface area contributed by atoms with Gasteiger partial charge in [-0.25, -0.2) is 0 Å². The van der Waals surface area contributed by atoms with Gasteiger partial charge in [-0.2, -0.15) is 0 Å². The van der Waals surface area contributed by atoms with Crippen LogP contribution >= 0.6 is 0 Å². The molecule has 1 aliphatic rings. The Morgan fingerprint density at radius 1 is 0.938 bits per heavy atom. The van der Waals surface area contributed by atoms with Gasteiger partial charge in [-0.15, -0.1) is 0 Å². The van der Waals surface area contributed by atoms with Crippen LogP contribution in [0, 0.1) is 6.92 Å². The molecule has 1 N–H and O–H groups in total. The molecule has 1 atom stereocenters. The molecule has 4 nitrogen and oxygen atoms in total. The highest BCUT2D eigenvalue weighted by atomic mass is 16.3. The number of hydrogen-bond acceptors (Lipinski definition) is 3. The SMILES string of the molecule is Cc1ccccc1CN1C(=O)[C@](O)(CC(=O)c2ccc(C(C)(C)C)cc2)c2ccccc21. The van der Waals surface area contributed by atoms with E-state index in [1.54, 1.807) is 29.2 Å². The molecule has 0 saturated heterocycles. The van der Waals surface area contributed by atoms with Gasteiger partial charge in [-0.1, -0.05) is 87.5 Å². The summed E-state index contributed by atoms with van der Waals surface area (Å²) in [6.07, 6.45) is -0.290. The van der Waals surface area contributed by atoms with Crippen LogP contribution in [0.3, 0.4) is 0 Å². The van der Waals surface area contributed by atoms with Gasteiger partial charge in [0.05, 0.1) is 18.7 Å². The van der Waals surface area contributed by atoms with E-state index in [1.807, 2.05) is 55.5 Å². The molecule has 0 bridgehead atoms. The number of aryl methyl sites for hydroxylation is 1. The lowest BCUT2D eigenvalue weighted by molar-refractivity contribution is -0.136. The number of fused-ring (bicyclic) bond motifs is 1. The van der Waals surface area contributed by atoms with Crippen LogP contribution in [-0.4, -0.2) is 16.8 Å². The highest BCUT2D eigenvalue weighted by Crippen LogP contribution is 2.43. The van der Waals surface area contributed by atoms with Gasteiger partial charge >= 0.3 is 0 Å². The first-order valence-corrected chi connectivity index (χ1v) is 10.9. The topological polar surface area (TPSA) is 57.6 Å². The summed E-state index contributed by atoms with van der Waals surface area (Å²) in [6, 6.07) is 22.5. The van der Waals surface area contributed by atoms with Gasteiger partial charge in [-0.3, -0.25) is 9.59 Å². The van der Waals surface area contributed by atoms with Crippen LogP contribution in [-0.2, 0) is 22.4 Å². The number of carbonyl (C=O) groups excluding carboxylic acids is 2. The number of benzene rings is 3. The molecule has 0 aromatic heterocycles. The standard InChI is InChI=1S/C28H29NO3/c1-19-9-5-6-10-21(19)18-29-24-12-8-7-11-23(24)28(32,26(29)31)17-25(30)20-13-15-22(16-14-20)27(2,3)4/h5-16,32H,17-18H2,1-4H3/t28-/m0/s1. The fourth-order valence-electron chi connectivity index (χ4n) is 4.28. The van der Waals surface area contributed by atoms with E-state index in [0.717, 1.165) is 16.7 Å². The molecule has 32 heavy (non-hydrogen) atoms. The zero-order valence-electron chi connectivity index (χ0n) is 19.1. The number of aliphatic hydroxyl groups is 1. The van der Waals surface area contributed by atoms with E-state index in [0.29, 0.717) is 23.4 Å². The minimum atomic E-state index is -1.88. The lowest BCUT2D eigenvalue weighted by Crippen LogP contribution is -2.41. The normalized spacial score (nSPS) is 18.0. The van der Waals surface area contributed by atoms with Crippen molar-refractivity contribution in [3.8, 4) is 0 Å². The summed E-state index contributed by atoms with van der Waals surface area (Å²) in [7, 11) is 0. The van der Waals surface area contributed by atoms with E-state index in [-0.39, 0.29) is 17.6 Å². The highest BCUT2D eigenvalue weighted by Gasteiger charge is 2.50. The third-order valence-corrected chi connectivity index (χ3v) is 6.32. The average Bonchev–Trinajstić information content (AvgIpc) is 2.97. The molecule has 1 heterocycles. The summed E-state index contributed by atoms with van der Waals surface area (Å²) >= 11 is 0. The van der Waals surface area contributed by atoms with Crippen molar-refractivity contribution in [3.63, 3.8) is 0 Å². The molecular weight excluding hydrogens is 398 g/mol. The zero-order chi connectivity index (χ0) is 23.1. The van der Waals surface area contributed by atoms with Crippen LogP contribution in [0.5, 0.6) is 0 Å². The highest BCUT2D eigenvalue weighted by molar-refractivity contribution is 6.10. The molecule has 0 radical (unpaired) electrons. The second kappa shape index (κ2) is 8.03. The van der Waals surface area contributed by atoms with Crippen molar-refractivity contribution in [1.29, 1.82) is 0 Å². The van der Waals surface area contributed by atoms with E-state index in [9.17, 15) is 14.7 Å². The maximum absolute atomic E-state index is 13.5. The first-order valence-electron chi connectivity index (χ1n) is 10.9. The zero-order valence-corrected chi connectivity index (χ0v) is 19.1. The van der Waals surface area contributed by atoms with E-state index in [2.05, 4.69) is 20.8 Å².